The topological polar surface area (TPSA) is 110 Å². The molecule has 0 bridgehead atoms. The highest BCUT2D eigenvalue weighted by Gasteiger charge is 2.20. The molecule has 1 aromatic carbocycles. The second-order valence-electron chi connectivity index (χ2n) is 4.69. The van der Waals surface area contributed by atoms with Crippen molar-refractivity contribution in [3.63, 3.8) is 0 Å². The van der Waals surface area contributed by atoms with E-state index in [4.69, 9.17) is 10.8 Å². The van der Waals surface area contributed by atoms with E-state index in [1.54, 1.807) is 25.2 Å². The first-order valence-corrected chi connectivity index (χ1v) is 7.92. The summed E-state index contributed by atoms with van der Waals surface area (Å²) in [4.78, 5) is -0.0502. The minimum Gasteiger partial charge on any atom is -0.396 e. The van der Waals surface area contributed by atoms with E-state index in [0.717, 1.165) is 5.56 Å². The van der Waals surface area contributed by atoms with Gasteiger partial charge >= 0.3 is 0 Å². The summed E-state index contributed by atoms with van der Waals surface area (Å²) in [5.74, 6) is -0.0403. The molecule has 7 nitrogen and oxygen atoms in total. The first-order valence-electron chi connectivity index (χ1n) is 6.44. The molecule has 114 valence electrons. The van der Waals surface area contributed by atoms with Gasteiger partial charge in [-0.2, -0.15) is 5.10 Å². The minimum atomic E-state index is -3.77. The Morgan fingerprint density at radius 2 is 2.19 bits per heavy atom. The van der Waals surface area contributed by atoms with E-state index in [-0.39, 0.29) is 17.3 Å². The first-order chi connectivity index (χ1) is 9.92. The fourth-order valence-corrected chi connectivity index (χ4v) is 3.13. The molecule has 0 fully saturated rings. The molecule has 2 rings (SSSR count). The molecular formula is C13H18N4O3S. The smallest absolute Gasteiger partial charge is 0.267 e. The molecule has 0 aliphatic heterocycles. The van der Waals surface area contributed by atoms with E-state index >= 15 is 0 Å². The standard InChI is InChI=1S/C13H18N4O3S/c1-17-9-12(13(14)15-17)21(19,20)16-11-6-2-4-10(8-11)5-3-7-18/h2,4,6,8-9,16,18H,3,5,7H2,1H3,(H2,14,15). The number of nitrogen functional groups attached to an aromatic ring is 1. The number of nitrogens with two attached hydrogens (primary N) is 1. The van der Waals surface area contributed by atoms with Gasteiger partial charge in [0, 0.05) is 25.5 Å². The number of hydrogen-bond acceptors (Lipinski definition) is 5. The van der Waals surface area contributed by atoms with Crippen LogP contribution in [-0.4, -0.2) is 29.9 Å². The molecule has 0 aliphatic rings. The van der Waals surface area contributed by atoms with Gasteiger partial charge in [0.1, 0.15) is 4.90 Å². The van der Waals surface area contributed by atoms with E-state index in [2.05, 4.69) is 9.82 Å². The maximum absolute atomic E-state index is 12.3. The Morgan fingerprint density at radius 3 is 2.81 bits per heavy atom. The summed E-state index contributed by atoms with van der Waals surface area (Å²) in [6, 6.07) is 7.04. The summed E-state index contributed by atoms with van der Waals surface area (Å²) in [5, 5.41) is 12.7. The van der Waals surface area contributed by atoms with Gasteiger partial charge in [-0.25, -0.2) is 8.42 Å². The lowest BCUT2D eigenvalue weighted by Crippen LogP contribution is -2.14. The number of hydrogen-bond donors (Lipinski definition) is 3. The average molecular weight is 310 g/mol. The highest BCUT2D eigenvalue weighted by molar-refractivity contribution is 7.92. The van der Waals surface area contributed by atoms with Gasteiger partial charge in [0.15, 0.2) is 5.82 Å². The molecule has 0 radical (unpaired) electrons. The second kappa shape index (κ2) is 6.15. The van der Waals surface area contributed by atoms with Crippen LogP contribution in [0.25, 0.3) is 0 Å². The third kappa shape index (κ3) is 3.73. The van der Waals surface area contributed by atoms with Crippen molar-refractivity contribution in [3.05, 3.63) is 36.0 Å². The molecule has 0 aliphatic carbocycles. The minimum absolute atomic E-state index is 0.0403. The number of anilines is 2. The Labute approximate surface area is 123 Å². The number of rotatable bonds is 6. The number of aromatic nitrogens is 2. The molecule has 0 saturated heterocycles. The molecule has 2 aromatic rings. The van der Waals surface area contributed by atoms with Gasteiger partial charge in [0.25, 0.3) is 10.0 Å². The molecule has 21 heavy (non-hydrogen) atoms. The van der Waals surface area contributed by atoms with Gasteiger partial charge < -0.3 is 10.8 Å². The predicted molar refractivity (Wildman–Crippen MR) is 80.3 cm³/mol. The zero-order valence-corrected chi connectivity index (χ0v) is 12.5. The van der Waals surface area contributed by atoms with Crippen molar-refractivity contribution in [3.8, 4) is 0 Å². The maximum atomic E-state index is 12.3. The largest absolute Gasteiger partial charge is 0.396 e. The summed E-state index contributed by atoms with van der Waals surface area (Å²) in [6.45, 7) is 0.0994. The quantitative estimate of drug-likeness (QED) is 0.728. The Balaban J connectivity index is 2.22. The van der Waals surface area contributed by atoms with Gasteiger partial charge in [0.2, 0.25) is 0 Å². The van der Waals surface area contributed by atoms with Crippen LogP contribution in [0.15, 0.2) is 35.4 Å². The second-order valence-corrected chi connectivity index (χ2v) is 6.34. The molecule has 0 spiro atoms. The van der Waals surface area contributed by atoms with Crippen molar-refractivity contribution in [2.24, 2.45) is 7.05 Å². The molecule has 0 amide bonds. The Kier molecular flexibility index (Phi) is 4.49. The van der Waals surface area contributed by atoms with Crippen molar-refractivity contribution in [2.45, 2.75) is 17.7 Å². The molecule has 8 heteroatoms. The van der Waals surface area contributed by atoms with Crippen molar-refractivity contribution in [1.82, 2.24) is 9.78 Å². The summed E-state index contributed by atoms with van der Waals surface area (Å²) < 4.78 is 28.4. The predicted octanol–water partition coefficient (Wildman–Crippen LogP) is 0.728. The molecule has 1 heterocycles. The Hall–Kier alpha value is -2.06. The normalized spacial score (nSPS) is 11.5. The van der Waals surface area contributed by atoms with Crippen LogP contribution in [0, 0.1) is 0 Å². The SMILES string of the molecule is Cn1cc(S(=O)(=O)Nc2cccc(CCCO)c2)c(N)n1. The van der Waals surface area contributed by atoms with E-state index in [1.165, 1.54) is 10.9 Å². The number of aliphatic hydroxyl groups excluding tert-OH is 1. The third-order valence-corrected chi connectivity index (χ3v) is 4.31. The number of aliphatic hydroxyl groups is 1. The van der Waals surface area contributed by atoms with Crippen molar-refractivity contribution in [2.75, 3.05) is 17.1 Å². The number of nitrogens with zero attached hydrogens (tertiary/aromatic N) is 2. The summed E-state index contributed by atoms with van der Waals surface area (Å²) in [7, 11) is -2.17. The van der Waals surface area contributed by atoms with Crippen LogP contribution in [0.4, 0.5) is 11.5 Å². The Bertz CT molecular complexity index is 725. The van der Waals surface area contributed by atoms with Crippen molar-refractivity contribution >= 4 is 21.5 Å². The summed E-state index contributed by atoms with van der Waals surface area (Å²) in [6.07, 6.45) is 2.67. The highest BCUT2D eigenvalue weighted by atomic mass is 32.2. The number of sulfonamides is 1. The van der Waals surface area contributed by atoms with E-state index in [9.17, 15) is 8.42 Å². The maximum Gasteiger partial charge on any atom is 0.267 e. The lowest BCUT2D eigenvalue weighted by Gasteiger charge is -2.08. The van der Waals surface area contributed by atoms with E-state index in [0.29, 0.717) is 18.5 Å². The average Bonchev–Trinajstić information content (AvgIpc) is 2.76. The van der Waals surface area contributed by atoms with Crippen LogP contribution in [0.1, 0.15) is 12.0 Å². The highest BCUT2D eigenvalue weighted by Crippen LogP contribution is 2.21. The van der Waals surface area contributed by atoms with Gasteiger partial charge in [0.05, 0.1) is 0 Å². The van der Waals surface area contributed by atoms with Crippen LogP contribution < -0.4 is 10.5 Å². The first kappa shape index (κ1) is 15.3. The monoisotopic (exact) mass is 310 g/mol. The van der Waals surface area contributed by atoms with E-state index in [1.807, 2.05) is 6.07 Å². The molecule has 0 unspecified atom stereocenters. The summed E-state index contributed by atoms with van der Waals surface area (Å²) in [5.41, 5.74) is 7.00. The lowest BCUT2D eigenvalue weighted by atomic mass is 10.1. The van der Waals surface area contributed by atoms with Crippen molar-refractivity contribution < 1.29 is 13.5 Å². The van der Waals surface area contributed by atoms with Crippen molar-refractivity contribution in [1.29, 1.82) is 0 Å². The lowest BCUT2D eigenvalue weighted by molar-refractivity contribution is 0.288. The van der Waals surface area contributed by atoms with Gasteiger partial charge in [-0.1, -0.05) is 12.1 Å². The fraction of sp³-hybridized carbons (Fsp3) is 0.308. The molecule has 4 N–H and O–H groups in total. The van der Waals surface area contributed by atoms with Crippen LogP contribution >= 0.6 is 0 Å². The van der Waals surface area contributed by atoms with Crippen LogP contribution in [0.3, 0.4) is 0 Å². The number of benzene rings is 1. The molecular weight excluding hydrogens is 292 g/mol. The van der Waals surface area contributed by atoms with E-state index < -0.39 is 10.0 Å². The van der Waals surface area contributed by atoms with Crippen LogP contribution in [0.2, 0.25) is 0 Å². The molecule has 0 atom stereocenters. The van der Waals surface area contributed by atoms with Gasteiger partial charge in [-0.3, -0.25) is 9.40 Å². The third-order valence-electron chi connectivity index (χ3n) is 2.91. The zero-order valence-electron chi connectivity index (χ0n) is 11.7. The zero-order chi connectivity index (χ0) is 15.5. The number of aryl methyl sites for hydroxylation is 2. The fourth-order valence-electron chi connectivity index (χ4n) is 1.97. The van der Waals surface area contributed by atoms with Gasteiger partial charge in [-0.05, 0) is 30.5 Å². The van der Waals surface area contributed by atoms with Crippen LogP contribution in [0.5, 0.6) is 0 Å². The molecule has 1 aromatic heterocycles. The molecule has 0 saturated carbocycles. The summed E-state index contributed by atoms with van der Waals surface area (Å²) >= 11 is 0. The Morgan fingerprint density at radius 1 is 1.43 bits per heavy atom. The van der Waals surface area contributed by atoms with Gasteiger partial charge in [-0.15, -0.1) is 0 Å². The number of nitrogens with one attached hydrogen (secondary N) is 1. The van der Waals surface area contributed by atoms with Crippen LogP contribution in [-0.2, 0) is 23.5 Å².